The number of pyridine rings is 1. The summed E-state index contributed by atoms with van der Waals surface area (Å²) in [7, 11) is 0. The zero-order valence-electron chi connectivity index (χ0n) is 13.0. The van der Waals surface area contributed by atoms with Crippen LogP contribution in [0.25, 0.3) is 0 Å². The molecular weight excluding hydrogens is 292 g/mol. The Morgan fingerprint density at radius 2 is 1.87 bits per heavy atom. The summed E-state index contributed by atoms with van der Waals surface area (Å²) in [6, 6.07) is 12.5. The molecule has 118 valence electrons. The third-order valence-electron chi connectivity index (χ3n) is 3.00. The SMILES string of the molecule is C/C(CC(=O)Nc1ccc(C)cc1)=N/NC(=O)c1ccccn1. The van der Waals surface area contributed by atoms with Crippen molar-refractivity contribution in [2.45, 2.75) is 20.3 Å². The standard InChI is InChI=1S/C17H18N4O2/c1-12-6-8-14(9-7-12)19-16(22)11-13(2)20-21-17(23)15-5-3-4-10-18-15/h3-10H,11H2,1-2H3,(H,19,22)(H,21,23)/b20-13-. The van der Waals surface area contributed by atoms with Crippen molar-refractivity contribution in [2.75, 3.05) is 5.32 Å². The Bertz CT molecular complexity index is 709. The second-order valence-electron chi connectivity index (χ2n) is 5.09. The average molecular weight is 310 g/mol. The monoisotopic (exact) mass is 310 g/mol. The van der Waals surface area contributed by atoms with Crippen LogP contribution in [0.3, 0.4) is 0 Å². The highest BCUT2D eigenvalue weighted by molar-refractivity contribution is 6.06. The maximum atomic E-state index is 11.9. The van der Waals surface area contributed by atoms with Gasteiger partial charge in [0.05, 0.1) is 6.42 Å². The number of aryl methyl sites for hydroxylation is 1. The maximum absolute atomic E-state index is 11.9. The van der Waals surface area contributed by atoms with Gasteiger partial charge in [0.1, 0.15) is 5.69 Å². The van der Waals surface area contributed by atoms with Crippen LogP contribution < -0.4 is 10.7 Å². The number of carbonyl (C=O) groups is 2. The molecule has 6 nitrogen and oxygen atoms in total. The zero-order chi connectivity index (χ0) is 16.7. The molecule has 0 aliphatic heterocycles. The second-order valence-corrected chi connectivity index (χ2v) is 5.09. The summed E-state index contributed by atoms with van der Waals surface area (Å²) in [5.74, 6) is -0.605. The molecule has 0 fully saturated rings. The molecule has 23 heavy (non-hydrogen) atoms. The molecular formula is C17H18N4O2. The fourth-order valence-corrected chi connectivity index (χ4v) is 1.81. The highest BCUT2D eigenvalue weighted by Gasteiger charge is 2.07. The van der Waals surface area contributed by atoms with E-state index >= 15 is 0 Å². The van der Waals surface area contributed by atoms with E-state index in [1.807, 2.05) is 31.2 Å². The van der Waals surface area contributed by atoms with Gasteiger partial charge in [0, 0.05) is 17.6 Å². The van der Waals surface area contributed by atoms with Gasteiger partial charge < -0.3 is 5.32 Å². The van der Waals surface area contributed by atoms with E-state index in [1.54, 1.807) is 25.1 Å². The Hall–Kier alpha value is -3.02. The van der Waals surface area contributed by atoms with E-state index in [1.165, 1.54) is 6.20 Å². The predicted molar refractivity (Wildman–Crippen MR) is 89.2 cm³/mol. The van der Waals surface area contributed by atoms with Crippen LogP contribution in [-0.2, 0) is 4.79 Å². The van der Waals surface area contributed by atoms with E-state index in [9.17, 15) is 9.59 Å². The molecule has 6 heteroatoms. The lowest BCUT2D eigenvalue weighted by Crippen LogP contribution is -2.22. The lowest BCUT2D eigenvalue weighted by atomic mass is 10.2. The van der Waals surface area contributed by atoms with Gasteiger partial charge in [0.2, 0.25) is 5.91 Å². The van der Waals surface area contributed by atoms with Crippen molar-refractivity contribution >= 4 is 23.2 Å². The second kappa shape index (κ2) is 7.84. The van der Waals surface area contributed by atoms with Gasteiger partial charge in [-0.25, -0.2) is 5.43 Å². The third kappa shape index (κ3) is 5.35. The fraction of sp³-hybridized carbons (Fsp3) is 0.176. The van der Waals surface area contributed by atoms with Gasteiger partial charge >= 0.3 is 0 Å². The average Bonchev–Trinajstić information content (AvgIpc) is 2.55. The van der Waals surface area contributed by atoms with E-state index in [0.29, 0.717) is 5.71 Å². The summed E-state index contributed by atoms with van der Waals surface area (Å²) >= 11 is 0. The molecule has 0 saturated carbocycles. The Kier molecular flexibility index (Phi) is 5.57. The number of nitrogens with one attached hydrogen (secondary N) is 2. The summed E-state index contributed by atoms with van der Waals surface area (Å²) in [6.07, 6.45) is 1.62. The highest BCUT2D eigenvalue weighted by Crippen LogP contribution is 2.08. The van der Waals surface area contributed by atoms with Crippen molar-refractivity contribution in [1.82, 2.24) is 10.4 Å². The molecule has 1 heterocycles. The Balaban J connectivity index is 1.85. The van der Waals surface area contributed by atoms with Gasteiger partial charge in [0.25, 0.3) is 5.91 Å². The molecule has 0 aliphatic carbocycles. The number of hydrogen-bond donors (Lipinski definition) is 2. The molecule has 0 atom stereocenters. The van der Waals surface area contributed by atoms with Gasteiger partial charge in [-0.3, -0.25) is 14.6 Å². The minimum absolute atomic E-state index is 0.0936. The van der Waals surface area contributed by atoms with Crippen LogP contribution in [0.5, 0.6) is 0 Å². The van der Waals surface area contributed by atoms with Gasteiger partial charge in [0.15, 0.2) is 0 Å². The lowest BCUT2D eigenvalue weighted by Gasteiger charge is -2.06. The summed E-state index contributed by atoms with van der Waals surface area (Å²) in [5, 5.41) is 6.69. The quantitative estimate of drug-likeness (QED) is 0.657. The van der Waals surface area contributed by atoms with E-state index in [0.717, 1.165) is 11.3 Å². The smallest absolute Gasteiger partial charge is 0.289 e. The maximum Gasteiger partial charge on any atom is 0.289 e. The molecule has 0 unspecified atom stereocenters. The molecule has 1 aromatic heterocycles. The predicted octanol–water partition coefficient (Wildman–Crippen LogP) is 2.52. The number of nitrogens with zero attached hydrogens (tertiary/aromatic N) is 2. The molecule has 0 bridgehead atoms. The fourth-order valence-electron chi connectivity index (χ4n) is 1.81. The highest BCUT2D eigenvalue weighted by atomic mass is 16.2. The molecule has 2 amide bonds. The van der Waals surface area contributed by atoms with Gasteiger partial charge in [-0.15, -0.1) is 0 Å². The molecule has 1 aromatic carbocycles. The van der Waals surface area contributed by atoms with Gasteiger partial charge in [-0.1, -0.05) is 23.8 Å². The van der Waals surface area contributed by atoms with Crippen molar-refractivity contribution in [1.29, 1.82) is 0 Å². The van der Waals surface area contributed by atoms with Gasteiger partial charge in [-0.2, -0.15) is 5.10 Å². The van der Waals surface area contributed by atoms with Crippen LogP contribution in [0.4, 0.5) is 5.69 Å². The summed E-state index contributed by atoms with van der Waals surface area (Å²) in [4.78, 5) is 27.6. The van der Waals surface area contributed by atoms with Crippen molar-refractivity contribution in [2.24, 2.45) is 5.10 Å². The van der Waals surface area contributed by atoms with Crippen molar-refractivity contribution in [3.63, 3.8) is 0 Å². The number of amides is 2. The molecule has 0 spiro atoms. The van der Waals surface area contributed by atoms with Crippen LogP contribution in [0.1, 0.15) is 29.4 Å². The first-order chi connectivity index (χ1) is 11.0. The number of aromatic nitrogens is 1. The first kappa shape index (κ1) is 16.4. The van der Waals surface area contributed by atoms with Gasteiger partial charge in [-0.05, 0) is 38.1 Å². The molecule has 0 saturated heterocycles. The lowest BCUT2D eigenvalue weighted by molar-refractivity contribution is -0.115. The molecule has 2 N–H and O–H groups in total. The summed E-state index contributed by atoms with van der Waals surface area (Å²) in [6.45, 7) is 3.65. The van der Waals surface area contributed by atoms with E-state index in [-0.39, 0.29) is 18.0 Å². The van der Waals surface area contributed by atoms with Crippen molar-refractivity contribution in [3.05, 3.63) is 59.9 Å². The topological polar surface area (TPSA) is 83.5 Å². The largest absolute Gasteiger partial charge is 0.326 e. The van der Waals surface area contributed by atoms with Crippen LogP contribution in [0.15, 0.2) is 53.8 Å². The molecule has 0 aliphatic rings. The Morgan fingerprint density at radius 1 is 1.13 bits per heavy atom. The Labute approximate surface area is 134 Å². The third-order valence-corrected chi connectivity index (χ3v) is 3.00. The molecule has 0 radical (unpaired) electrons. The first-order valence-electron chi connectivity index (χ1n) is 7.15. The molecule has 2 rings (SSSR count). The van der Waals surface area contributed by atoms with E-state index < -0.39 is 5.91 Å². The van der Waals surface area contributed by atoms with Crippen LogP contribution in [-0.4, -0.2) is 22.5 Å². The number of benzene rings is 1. The number of rotatable bonds is 5. The van der Waals surface area contributed by atoms with Crippen LogP contribution in [0, 0.1) is 6.92 Å². The van der Waals surface area contributed by atoms with Crippen molar-refractivity contribution < 1.29 is 9.59 Å². The number of anilines is 1. The first-order valence-corrected chi connectivity index (χ1v) is 7.15. The van der Waals surface area contributed by atoms with E-state index in [4.69, 9.17) is 0 Å². The van der Waals surface area contributed by atoms with Crippen molar-refractivity contribution in [3.8, 4) is 0 Å². The molecule has 2 aromatic rings. The minimum atomic E-state index is -0.413. The zero-order valence-corrected chi connectivity index (χ0v) is 13.0. The number of carbonyl (C=O) groups excluding carboxylic acids is 2. The summed E-state index contributed by atoms with van der Waals surface area (Å²) < 4.78 is 0. The number of hydrogen-bond acceptors (Lipinski definition) is 4. The van der Waals surface area contributed by atoms with Crippen LogP contribution in [0.2, 0.25) is 0 Å². The summed E-state index contributed by atoms with van der Waals surface area (Å²) in [5.41, 5.74) is 5.00. The Morgan fingerprint density at radius 3 is 2.52 bits per heavy atom. The minimum Gasteiger partial charge on any atom is -0.326 e. The van der Waals surface area contributed by atoms with Crippen LogP contribution >= 0.6 is 0 Å². The normalized spacial score (nSPS) is 11.0. The number of hydrazone groups is 1. The van der Waals surface area contributed by atoms with E-state index in [2.05, 4.69) is 20.8 Å².